The van der Waals surface area contributed by atoms with E-state index in [2.05, 4.69) is 11.8 Å². The topological polar surface area (TPSA) is 60.9 Å². The summed E-state index contributed by atoms with van der Waals surface area (Å²) in [6, 6.07) is 6.43. The molecule has 0 spiro atoms. The van der Waals surface area contributed by atoms with Gasteiger partial charge in [0.2, 0.25) is 10.0 Å². The van der Waals surface area contributed by atoms with Gasteiger partial charge >= 0.3 is 0 Å². The van der Waals surface area contributed by atoms with Crippen molar-refractivity contribution in [2.45, 2.75) is 18.2 Å². The van der Waals surface area contributed by atoms with Crippen LogP contribution in [0.5, 0.6) is 0 Å². The maximum atomic E-state index is 12.9. The van der Waals surface area contributed by atoms with Crippen LogP contribution >= 0.6 is 0 Å². The fourth-order valence-corrected chi connectivity index (χ4v) is 4.57. The SMILES string of the molecule is CC1=CCN(C(=O)c2cccc(S(=O)(=O)N3CCN(C)CC3)c2)CC1. The maximum Gasteiger partial charge on any atom is 0.254 e. The molecule has 25 heavy (non-hydrogen) atoms. The number of carbonyl (C=O) groups excluding carboxylic acids is 1. The molecule has 0 aromatic heterocycles. The van der Waals surface area contributed by atoms with E-state index in [0.717, 1.165) is 19.5 Å². The molecule has 136 valence electrons. The lowest BCUT2D eigenvalue weighted by Gasteiger charge is -2.31. The molecular formula is C18H25N3O3S. The van der Waals surface area contributed by atoms with E-state index in [1.807, 2.05) is 13.1 Å². The summed E-state index contributed by atoms with van der Waals surface area (Å²) >= 11 is 0. The van der Waals surface area contributed by atoms with E-state index in [0.29, 0.717) is 31.7 Å². The van der Waals surface area contributed by atoms with Gasteiger partial charge in [0.1, 0.15) is 0 Å². The highest BCUT2D eigenvalue weighted by Crippen LogP contribution is 2.20. The van der Waals surface area contributed by atoms with Gasteiger partial charge in [0, 0.05) is 44.8 Å². The van der Waals surface area contributed by atoms with Gasteiger partial charge in [-0.15, -0.1) is 0 Å². The number of sulfonamides is 1. The monoisotopic (exact) mass is 363 g/mol. The van der Waals surface area contributed by atoms with Gasteiger partial charge in [-0.3, -0.25) is 4.79 Å². The van der Waals surface area contributed by atoms with E-state index in [9.17, 15) is 13.2 Å². The van der Waals surface area contributed by atoms with Crippen molar-refractivity contribution in [1.82, 2.24) is 14.1 Å². The summed E-state index contributed by atoms with van der Waals surface area (Å²) in [5.41, 5.74) is 1.72. The van der Waals surface area contributed by atoms with Crippen LogP contribution < -0.4 is 0 Å². The highest BCUT2D eigenvalue weighted by atomic mass is 32.2. The summed E-state index contributed by atoms with van der Waals surface area (Å²) in [7, 11) is -1.57. The molecule has 1 saturated heterocycles. The molecule has 2 aliphatic rings. The van der Waals surface area contributed by atoms with Gasteiger partial charge in [0.25, 0.3) is 5.91 Å². The van der Waals surface area contributed by atoms with Gasteiger partial charge in [-0.25, -0.2) is 8.42 Å². The third-order valence-corrected chi connectivity index (χ3v) is 6.80. The second-order valence-corrected chi connectivity index (χ2v) is 8.72. The van der Waals surface area contributed by atoms with E-state index in [1.165, 1.54) is 15.9 Å². The molecule has 0 bridgehead atoms. The van der Waals surface area contributed by atoms with Crippen LogP contribution in [0, 0.1) is 0 Å². The van der Waals surface area contributed by atoms with Crippen LogP contribution in [0.25, 0.3) is 0 Å². The third-order valence-electron chi connectivity index (χ3n) is 4.90. The Morgan fingerprint density at radius 1 is 1.08 bits per heavy atom. The minimum Gasteiger partial charge on any atom is -0.335 e. The molecule has 2 aliphatic heterocycles. The van der Waals surface area contributed by atoms with Gasteiger partial charge in [0.05, 0.1) is 4.90 Å². The van der Waals surface area contributed by atoms with Gasteiger partial charge < -0.3 is 9.80 Å². The van der Waals surface area contributed by atoms with Crippen molar-refractivity contribution in [3.8, 4) is 0 Å². The fourth-order valence-electron chi connectivity index (χ4n) is 3.10. The van der Waals surface area contributed by atoms with Crippen LogP contribution in [0.1, 0.15) is 23.7 Å². The number of amides is 1. The van der Waals surface area contributed by atoms with E-state index in [1.54, 1.807) is 23.1 Å². The standard InChI is InChI=1S/C18H25N3O3S/c1-15-6-8-20(9-7-15)18(22)16-4-3-5-17(14-16)25(23,24)21-12-10-19(2)11-13-21/h3-6,14H,7-13H2,1-2H3. The molecule has 0 aliphatic carbocycles. The zero-order chi connectivity index (χ0) is 18.0. The zero-order valence-electron chi connectivity index (χ0n) is 14.8. The van der Waals surface area contributed by atoms with Crippen molar-refractivity contribution in [3.05, 3.63) is 41.5 Å². The number of hydrogen-bond acceptors (Lipinski definition) is 4. The van der Waals surface area contributed by atoms with Crippen molar-refractivity contribution in [3.63, 3.8) is 0 Å². The van der Waals surface area contributed by atoms with Crippen LogP contribution in [0.2, 0.25) is 0 Å². The highest BCUT2D eigenvalue weighted by molar-refractivity contribution is 7.89. The molecule has 0 radical (unpaired) electrons. The van der Waals surface area contributed by atoms with Crippen molar-refractivity contribution < 1.29 is 13.2 Å². The molecule has 0 N–H and O–H groups in total. The van der Waals surface area contributed by atoms with Gasteiger partial charge in [0.15, 0.2) is 0 Å². The third kappa shape index (κ3) is 3.94. The Balaban J connectivity index is 1.80. The fraction of sp³-hybridized carbons (Fsp3) is 0.500. The van der Waals surface area contributed by atoms with Crippen molar-refractivity contribution in [2.24, 2.45) is 0 Å². The van der Waals surface area contributed by atoms with Crippen LogP contribution in [0.15, 0.2) is 40.8 Å². The molecule has 1 fully saturated rings. The number of benzene rings is 1. The van der Waals surface area contributed by atoms with Crippen molar-refractivity contribution in [1.29, 1.82) is 0 Å². The lowest BCUT2D eigenvalue weighted by Crippen LogP contribution is -2.47. The average molecular weight is 363 g/mol. The first-order valence-corrected chi connectivity index (χ1v) is 10.1. The Morgan fingerprint density at radius 3 is 2.44 bits per heavy atom. The largest absolute Gasteiger partial charge is 0.335 e. The highest BCUT2D eigenvalue weighted by Gasteiger charge is 2.28. The van der Waals surface area contributed by atoms with Gasteiger partial charge in [-0.1, -0.05) is 17.7 Å². The van der Waals surface area contributed by atoms with E-state index in [4.69, 9.17) is 0 Å². The Hall–Kier alpha value is -1.70. The summed E-state index contributed by atoms with van der Waals surface area (Å²) in [6.45, 7) is 5.72. The van der Waals surface area contributed by atoms with E-state index in [-0.39, 0.29) is 10.8 Å². The van der Waals surface area contributed by atoms with Gasteiger partial charge in [-0.2, -0.15) is 4.31 Å². The van der Waals surface area contributed by atoms with Crippen molar-refractivity contribution in [2.75, 3.05) is 46.3 Å². The molecule has 3 rings (SSSR count). The predicted octanol–water partition coefficient (Wildman–Crippen LogP) is 1.41. The molecule has 2 heterocycles. The Morgan fingerprint density at radius 2 is 1.80 bits per heavy atom. The maximum absolute atomic E-state index is 12.9. The molecular weight excluding hydrogens is 338 g/mol. The lowest BCUT2D eigenvalue weighted by molar-refractivity contribution is 0.0769. The number of rotatable bonds is 3. The average Bonchev–Trinajstić information content (AvgIpc) is 2.62. The summed E-state index contributed by atoms with van der Waals surface area (Å²) in [6.07, 6.45) is 2.91. The van der Waals surface area contributed by atoms with E-state index < -0.39 is 10.0 Å². The number of piperazine rings is 1. The lowest BCUT2D eigenvalue weighted by atomic mass is 10.1. The first-order valence-electron chi connectivity index (χ1n) is 8.61. The van der Waals surface area contributed by atoms with Crippen LogP contribution in [-0.4, -0.2) is 74.7 Å². The Labute approximate surface area is 149 Å². The Bertz CT molecular complexity index is 781. The Kier molecular flexibility index (Phi) is 5.27. The number of carbonyl (C=O) groups is 1. The summed E-state index contributed by atoms with van der Waals surface area (Å²) < 4.78 is 27.2. The van der Waals surface area contributed by atoms with Crippen molar-refractivity contribution >= 4 is 15.9 Å². The molecule has 6 nitrogen and oxygen atoms in total. The molecule has 0 atom stereocenters. The summed E-state index contributed by atoms with van der Waals surface area (Å²) in [4.78, 5) is 16.8. The molecule has 0 saturated carbocycles. The second-order valence-electron chi connectivity index (χ2n) is 6.79. The van der Waals surface area contributed by atoms with E-state index >= 15 is 0 Å². The summed E-state index contributed by atoms with van der Waals surface area (Å²) in [5.74, 6) is -0.112. The number of likely N-dealkylation sites (N-methyl/N-ethyl adjacent to an activating group) is 1. The molecule has 1 aromatic rings. The van der Waals surface area contributed by atoms with Crippen LogP contribution in [-0.2, 0) is 10.0 Å². The van der Waals surface area contributed by atoms with Crippen LogP contribution in [0.3, 0.4) is 0 Å². The first kappa shape index (κ1) is 18.1. The number of hydrogen-bond donors (Lipinski definition) is 0. The smallest absolute Gasteiger partial charge is 0.254 e. The molecule has 1 aromatic carbocycles. The molecule has 1 amide bonds. The zero-order valence-corrected chi connectivity index (χ0v) is 15.6. The number of nitrogens with zero attached hydrogens (tertiary/aromatic N) is 3. The quantitative estimate of drug-likeness (QED) is 0.762. The van der Waals surface area contributed by atoms with Crippen LogP contribution in [0.4, 0.5) is 0 Å². The van der Waals surface area contributed by atoms with Gasteiger partial charge in [-0.05, 0) is 38.6 Å². The first-order chi connectivity index (χ1) is 11.9. The predicted molar refractivity (Wildman–Crippen MR) is 97.0 cm³/mol. The summed E-state index contributed by atoms with van der Waals surface area (Å²) in [5, 5.41) is 0. The normalized spacial score (nSPS) is 20.4. The molecule has 0 unspecified atom stereocenters. The minimum absolute atomic E-state index is 0.112. The molecule has 7 heteroatoms. The minimum atomic E-state index is -3.56. The second kappa shape index (κ2) is 7.27.